The monoisotopic (exact) mass is 470 g/mol. The van der Waals surface area contributed by atoms with Gasteiger partial charge in [0, 0.05) is 32.0 Å². The molecule has 0 saturated carbocycles. The summed E-state index contributed by atoms with van der Waals surface area (Å²) in [4.78, 5) is 37.1. The summed E-state index contributed by atoms with van der Waals surface area (Å²) in [5, 5.41) is 12.7. The first kappa shape index (κ1) is 23.9. The molecule has 174 valence electrons. The second-order valence-corrected chi connectivity index (χ2v) is 7.24. The highest BCUT2D eigenvalue weighted by molar-refractivity contribution is 6.43. The minimum absolute atomic E-state index is 0.0579. The lowest BCUT2D eigenvalue weighted by atomic mass is 9.97. The molecule has 33 heavy (non-hydrogen) atoms. The summed E-state index contributed by atoms with van der Waals surface area (Å²) in [7, 11) is 1.17. The minimum atomic E-state index is -4.92. The van der Waals surface area contributed by atoms with Gasteiger partial charge < -0.3 is 19.9 Å². The molecule has 1 aromatic carbocycles. The van der Waals surface area contributed by atoms with E-state index < -0.39 is 65.2 Å². The van der Waals surface area contributed by atoms with Crippen LogP contribution in [0.3, 0.4) is 0 Å². The molecule has 0 aliphatic carbocycles. The van der Waals surface area contributed by atoms with E-state index in [4.69, 9.17) is 10.00 Å². The van der Waals surface area contributed by atoms with E-state index in [-0.39, 0.29) is 17.9 Å². The molecule has 1 saturated heterocycles. The first-order chi connectivity index (χ1) is 15.4. The van der Waals surface area contributed by atoms with Gasteiger partial charge in [0.1, 0.15) is 17.6 Å². The van der Waals surface area contributed by atoms with Gasteiger partial charge in [0.15, 0.2) is 11.4 Å². The van der Waals surface area contributed by atoms with Gasteiger partial charge in [-0.1, -0.05) is 0 Å². The van der Waals surface area contributed by atoms with Crippen molar-refractivity contribution in [1.82, 2.24) is 9.88 Å². The van der Waals surface area contributed by atoms with Crippen LogP contribution in [0, 0.1) is 23.0 Å². The number of aromatic nitrogens is 1. The molecule has 0 bridgehead atoms. The van der Waals surface area contributed by atoms with E-state index in [1.54, 1.807) is 11.4 Å². The van der Waals surface area contributed by atoms with Crippen molar-refractivity contribution in [3.63, 3.8) is 0 Å². The third-order valence-electron chi connectivity index (χ3n) is 5.05. The van der Waals surface area contributed by atoms with Crippen molar-refractivity contribution in [2.24, 2.45) is 7.05 Å². The number of Topliss-reactive ketones (excluding diaryl/α,β-unsaturated/α-hetero) is 1. The number of nitriles is 1. The number of hydrogen-bond donors (Lipinski definition) is 2. The lowest BCUT2D eigenvalue weighted by molar-refractivity contribution is -0.196. The van der Waals surface area contributed by atoms with Crippen LogP contribution in [0.2, 0.25) is 0 Å². The number of halogens is 5. The van der Waals surface area contributed by atoms with Crippen LogP contribution in [0.5, 0.6) is 0 Å². The van der Waals surface area contributed by atoms with E-state index in [9.17, 15) is 36.3 Å². The molecule has 1 unspecified atom stereocenters. The zero-order chi connectivity index (χ0) is 24.6. The number of ketones is 1. The van der Waals surface area contributed by atoms with E-state index in [1.807, 2.05) is 0 Å². The van der Waals surface area contributed by atoms with Gasteiger partial charge in [-0.15, -0.1) is 0 Å². The van der Waals surface area contributed by atoms with Crippen molar-refractivity contribution in [2.45, 2.75) is 18.1 Å². The van der Waals surface area contributed by atoms with E-state index >= 15 is 0 Å². The van der Waals surface area contributed by atoms with Crippen molar-refractivity contribution in [2.75, 3.05) is 18.5 Å². The molecule has 0 spiro atoms. The molecular weight excluding hydrogens is 455 g/mol. The van der Waals surface area contributed by atoms with Gasteiger partial charge in [0.2, 0.25) is 0 Å². The summed E-state index contributed by atoms with van der Waals surface area (Å²) >= 11 is 0. The predicted molar refractivity (Wildman–Crippen MR) is 101 cm³/mol. The molecule has 1 fully saturated rings. The Morgan fingerprint density at radius 2 is 1.94 bits per heavy atom. The van der Waals surface area contributed by atoms with Crippen LogP contribution >= 0.6 is 0 Å². The van der Waals surface area contributed by atoms with Gasteiger partial charge in [-0.2, -0.15) is 18.4 Å². The number of hydrogen-bond acceptors (Lipinski definition) is 5. The molecule has 8 nitrogen and oxygen atoms in total. The summed E-state index contributed by atoms with van der Waals surface area (Å²) in [6.45, 7) is -1.20. The Bertz CT molecular complexity index is 1180. The largest absolute Gasteiger partial charge is 0.413 e. The lowest BCUT2D eigenvalue weighted by Crippen LogP contribution is -2.60. The van der Waals surface area contributed by atoms with Crippen LogP contribution in [0.15, 0.2) is 24.4 Å². The van der Waals surface area contributed by atoms with Gasteiger partial charge in [-0.05, 0) is 18.2 Å². The van der Waals surface area contributed by atoms with Gasteiger partial charge in [0.25, 0.3) is 17.6 Å². The molecule has 2 heterocycles. The van der Waals surface area contributed by atoms with Crippen molar-refractivity contribution in [1.29, 1.82) is 5.26 Å². The summed E-state index contributed by atoms with van der Waals surface area (Å²) in [6, 6.07) is 4.56. The van der Waals surface area contributed by atoms with Crippen molar-refractivity contribution < 1.29 is 41.1 Å². The quantitative estimate of drug-likeness (QED) is 0.396. The summed E-state index contributed by atoms with van der Waals surface area (Å²) < 4.78 is 74.1. The number of carbonyl (C=O) groups is 3. The Kier molecular flexibility index (Phi) is 6.24. The summed E-state index contributed by atoms with van der Waals surface area (Å²) in [5.74, 6) is -6.73. The highest BCUT2D eigenvalue weighted by Crippen LogP contribution is 2.37. The molecule has 3 rings (SSSR count). The third kappa shape index (κ3) is 4.42. The Morgan fingerprint density at radius 3 is 2.52 bits per heavy atom. The summed E-state index contributed by atoms with van der Waals surface area (Å²) in [6.07, 6.45) is -4.76. The lowest BCUT2D eigenvalue weighted by Gasteiger charge is -2.30. The first-order valence-electron chi connectivity index (χ1n) is 9.27. The molecule has 1 aromatic heterocycles. The number of aryl methyl sites for hydroxylation is 1. The number of ether oxygens (including phenoxy) is 1. The molecule has 2 aromatic rings. The standard InChI is InChI=1S/C20H15F5N4O4/c1-29-8-12(16(30)18(32)28-19(20(23,24)25)4-5-33-9-19)14(22)15(29)17(31)27-11-2-3-13(21)10(6-11)7-26/h2-3,6,8H,4-5,9H2,1H3,(H,27,31)(H,28,32). The second-order valence-electron chi connectivity index (χ2n) is 7.24. The average molecular weight is 470 g/mol. The molecule has 13 heteroatoms. The Hall–Kier alpha value is -3.79. The fourth-order valence-corrected chi connectivity index (χ4v) is 3.25. The van der Waals surface area contributed by atoms with Crippen LogP contribution in [0.1, 0.15) is 32.8 Å². The van der Waals surface area contributed by atoms with Crippen LogP contribution in [-0.2, 0) is 16.6 Å². The molecule has 2 amide bonds. The Labute approximate surface area is 182 Å². The maximum Gasteiger partial charge on any atom is 0.413 e. The predicted octanol–water partition coefficient (Wildman–Crippen LogP) is 2.45. The fourth-order valence-electron chi connectivity index (χ4n) is 3.25. The minimum Gasteiger partial charge on any atom is -0.379 e. The SMILES string of the molecule is Cn1cc(C(=O)C(=O)NC2(C(F)(F)F)CCOC2)c(F)c1C(=O)Nc1ccc(F)c(C#N)c1. The Morgan fingerprint density at radius 1 is 1.24 bits per heavy atom. The van der Waals surface area contributed by atoms with Gasteiger partial charge in [0.05, 0.1) is 17.7 Å². The van der Waals surface area contributed by atoms with Crippen molar-refractivity contribution in [3.05, 3.63) is 52.9 Å². The van der Waals surface area contributed by atoms with Crippen LogP contribution in [0.4, 0.5) is 27.6 Å². The molecule has 1 aliphatic rings. The van der Waals surface area contributed by atoms with E-state index in [2.05, 4.69) is 5.32 Å². The smallest absolute Gasteiger partial charge is 0.379 e. The van der Waals surface area contributed by atoms with Gasteiger partial charge in [-0.3, -0.25) is 14.4 Å². The average Bonchev–Trinajstić information content (AvgIpc) is 3.33. The highest BCUT2D eigenvalue weighted by Gasteiger charge is 2.58. The zero-order valence-electron chi connectivity index (χ0n) is 16.8. The maximum atomic E-state index is 14.9. The molecule has 0 radical (unpaired) electrons. The first-order valence-corrected chi connectivity index (χ1v) is 9.27. The number of nitrogens with one attached hydrogen (secondary N) is 2. The summed E-state index contributed by atoms with van der Waals surface area (Å²) in [5.41, 5.74) is -4.87. The van der Waals surface area contributed by atoms with Crippen LogP contribution < -0.4 is 10.6 Å². The molecular formula is C20H15F5N4O4. The Balaban J connectivity index is 1.83. The van der Waals surface area contributed by atoms with Crippen LogP contribution in [0.25, 0.3) is 0 Å². The highest BCUT2D eigenvalue weighted by atomic mass is 19.4. The van der Waals surface area contributed by atoms with E-state index in [1.165, 1.54) is 7.05 Å². The molecule has 1 aliphatic heterocycles. The number of rotatable bonds is 5. The molecule has 2 N–H and O–H groups in total. The maximum absolute atomic E-state index is 14.9. The number of benzene rings is 1. The van der Waals surface area contributed by atoms with Crippen molar-refractivity contribution in [3.8, 4) is 6.07 Å². The van der Waals surface area contributed by atoms with E-state index in [0.29, 0.717) is 0 Å². The number of carbonyl (C=O) groups excluding carboxylic acids is 3. The topological polar surface area (TPSA) is 113 Å². The van der Waals surface area contributed by atoms with Crippen molar-refractivity contribution >= 4 is 23.3 Å². The third-order valence-corrected chi connectivity index (χ3v) is 5.05. The molecule has 1 atom stereocenters. The normalized spacial score (nSPS) is 18.0. The zero-order valence-corrected chi connectivity index (χ0v) is 16.8. The number of alkyl halides is 3. The fraction of sp³-hybridized carbons (Fsp3) is 0.300. The van der Waals surface area contributed by atoms with Crippen LogP contribution in [-0.4, -0.2) is 47.1 Å². The van der Waals surface area contributed by atoms with Gasteiger partial charge >= 0.3 is 6.18 Å². The second kappa shape index (κ2) is 8.62. The number of anilines is 1. The van der Waals surface area contributed by atoms with E-state index in [0.717, 1.165) is 29.0 Å². The number of nitrogens with zero attached hydrogens (tertiary/aromatic N) is 2. The van der Waals surface area contributed by atoms with Gasteiger partial charge in [-0.25, -0.2) is 8.78 Å². The number of amides is 2.